The van der Waals surface area contributed by atoms with E-state index in [-0.39, 0.29) is 17.4 Å². The van der Waals surface area contributed by atoms with Crippen molar-refractivity contribution in [2.75, 3.05) is 26.2 Å². The number of hydrogen-bond donors (Lipinski definition) is 1. The van der Waals surface area contributed by atoms with Gasteiger partial charge < -0.3 is 10.1 Å². The van der Waals surface area contributed by atoms with E-state index in [1.807, 2.05) is 0 Å². The lowest BCUT2D eigenvalue weighted by molar-refractivity contribution is -0.0245. The fourth-order valence-electron chi connectivity index (χ4n) is 3.49. The second-order valence-electron chi connectivity index (χ2n) is 5.51. The molecule has 0 aromatic carbocycles. The van der Waals surface area contributed by atoms with Crippen LogP contribution in [0, 0.1) is 0 Å². The maximum Gasteiger partial charge on any atom is 0.217 e. The smallest absolute Gasteiger partial charge is 0.217 e. The third-order valence-corrected chi connectivity index (χ3v) is 6.89. The highest BCUT2D eigenvalue weighted by Crippen LogP contribution is 2.33. The Kier molecular flexibility index (Phi) is 3.62. The van der Waals surface area contributed by atoms with Crippen LogP contribution in [-0.4, -0.2) is 56.4 Å². The highest BCUT2D eigenvalue weighted by molar-refractivity contribution is 7.89. The molecule has 0 aromatic heterocycles. The van der Waals surface area contributed by atoms with Crippen LogP contribution in [0.4, 0.5) is 0 Å². The minimum absolute atomic E-state index is 0.110. The molecule has 3 fully saturated rings. The van der Waals surface area contributed by atoms with E-state index < -0.39 is 10.0 Å². The molecule has 2 saturated heterocycles. The Morgan fingerprint density at radius 1 is 1.11 bits per heavy atom. The van der Waals surface area contributed by atoms with Crippen molar-refractivity contribution in [3.05, 3.63) is 0 Å². The quantitative estimate of drug-likeness (QED) is 0.788. The summed E-state index contributed by atoms with van der Waals surface area (Å²) in [6, 6.07) is 0.110. The first-order valence-electron chi connectivity index (χ1n) is 7.02. The number of sulfonamides is 1. The van der Waals surface area contributed by atoms with Crippen LogP contribution < -0.4 is 5.32 Å². The van der Waals surface area contributed by atoms with E-state index in [4.69, 9.17) is 4.74 Å². The molecular formula is C12H22N2O3S. The zero-order valence-electron chi connectivity index (χ0n) is 10.7. The van der Waals surface area contributed by atoms with Crippen molar-refractivity contribution >= 4 is 10.0 Å². The van der Waals surface area contributed by atoms with Crippen molar-refractivity contribution in [2.45, 2.75) is 49.5 Å². The first-order chi connectivity index (χ1) is 8.69. The van der Waals surface area contributed by atoms with Gasteiger partial charge in [0.15, 0.2) is 0 Å². The summed E-state index contributed by atoms with van der Waals surface area (Å²) < 4.78 is 32.9. The summed E-state index contributed by atoms with van der Waals surface area (Å²) in [5.41, 5.74) is 0. The van der Waals surface area contributed by atoms with Crippen molar-refractivity contribution in [1.82, 2.24) is 9.62 Å². The van der Waals surface area contributed by atoms with Gasteiger partial charge in [-0.2, -0.15) is 4.31 Å². The normalized spacial score (nSPS) is 35.6. The first kappa shape index (κ1) is 12.8. The van der Waals surface area contributed by atoms with Gasteiger partial charge in [0.1, 0.15) is 0 Å². The van der Waals surface area contributed by atoms with E-state index in [1.165, 1.54) is 0 Å². The molecule has 0 radical (unpaired) electrons. The molecule has 2 aliphatic heterocycles. The van der Waals surface area contributed by atoms with Gasteiger partial charge in [-0.3, -0.25) is 0 Å². The van der Waals surface area contributed by atoms with E-state index in [1.54, 1.807) is 4.31 Å². The number of nitrogens with one attached hydrogen (secondary N) is 1. The summed E-state index contributed by atoms with van der Waals surface area (Å²) >= 11 is 0. The molecule has 18 heavy (non-hydrogen) atoms. The topological polar surface area (TPSA) is 58.6 Å². The maximum absolute atomic E-state index is 12.7. The van der Waals surface area contributed by atoms with Crippen LogP contribution >= 0.6 is 0 Å². The van der Waals surface area contributed by atoms with Gasteiger partial charge in [-0.1, -0.05) is 0 Å². The van der Waals surface area contributed by atoms with Gasteiger partial charge in [-0.05, 0) is 45.2 Å². The Morgan fingerprint density at radius 2 is 1.89 bits per heavy atom. The monoisotopic (exact) mass is 274 g/mol. The standard InChI is InChI=1S/C12H22N2O3S/c15-18(16,10-4-6-13-7-5-10)14-8-9-17-12-3-1-2-11(12)14/h10-13H,1-9H2. The van der Waals surface area contributed by atoms with Crippen molar-refractivity contribution in [1.29, 1.82) is 0 Å². The fraction of sp³-hybridized carbons (Fsp3) is 1.00. The lowest BCUT2D eigenvalue weighted by atomic mass is 10.2. The number of fused-ring (bicyclic) bond motifs is 1. The number of ether oxygens (including phenoxy) is 1. The second kappa shape index (κ2) is 5.07. The maximum atomic E-state index is 12.7. The molecular weight excluding hydrogens is 252 g/mol. The van der Waals surface area contributed by atoms with E-state index in [2.05, 4.69) is 5.32 Å². The number of hydrogen-bond acceptors (Lipinski definition) is 4. The Labute approximate surface area is 109 Å². The van der Waals surface area contributed by atoms with E-state index in [9.17, 15) is 8.42 Å². The van der Waals surface area contributed by atoms with Crippen molar-refractivity contribution in [3.8, 4) is 0 Å². The van der Waals surface area contributed by atoms with Gasteiger partial charge in [0.25, 0.3) is 0 Å². The minimum atomic E-state index is -3.13. The van der Waals surface area contributed by atoms with Gasteiger partial charge in [0.2, 0.25) is 10.0 Å². The third-order valence-electron chi connectivity index (χ3n) is 4.47. The van der Waals surface area contributed by atoms with Crippen LogP contribution in [0.5, 0.6) is 0 Å². The van der Waals surface area contributed by atoms with Gasteiger partial charge in [-0.15, -0.1) is 0 Å². The van der Waals surface area contributed by atoms with Crippen LogP contribution in [0.1, 0.15) is 32.1 Å². The van der Waals surface area contributed by atoms with Gasteiger partial charge in [-0.25, -0.2) is 8.42 Å². The predicted octanol–water partition coefficient (Wildman–Crippen LogP) is 0.321. The molecule has 0 amide bonds. The third kappa shape index (κ3) is 2.19. The van der Waals surface area contributed by atoms with E-state index >= 15 is 0 Å². The zero-order valence-corrected chi connectivity index (χ0v) is 11.5. The van der Waals surface area contributed by atoms with Crippen molar-refractivity contribution < 1.29 is 13.2 Å². The Balaban J connectivity index is 1.79. The highest BCUT2D eigenvalue weighted by Gasteiger charge is 2.44. The van der Waals surface area contributed by atoms with Crippen molar-refractivity contribution in [2.24, 2.45) is 0 Å². The van der Waals surface area contributed by atoms with Crippen LogP contribution in [0.15, 0.2) is 0 Å². The largest absolute Gasteiger partial charge is 0.375 e. The Morgan fingerprint density at radius 3 is 2.67 bits per heavy atom. The number of nitrogens with zero attached hydrogens (tertiary/aromatic N) is 1. The average molecular weight is 274 g/mol. The molecule has 3 rings (SSSR count). The molecule has 0 aromatic rings. The zero-order chi connectivity index (χ0) is 12.6. The minimum Gasteiger partial charge on any atom is -0.375 e. The molecule has 3 aliphatic rings. The van der Waals surface area contributed by atoms with Crippen LogP contribution in [0.25, 0.3) is 0 Å². The molecule has 0 bridgehead atoms. The predicted molar refractivity (Wildman–Crippen MR) is 68.9 cm³/mol. The van der Waals surface area contributed by atoms with Crippen LogP contribution in [-0.2, 0) is 14.8 Å². The Hall–Kier alpha value is -0.170. The molecule has 6 heteroatoms. The van der Waals surface area contributed by atoms with Gasteiger partial charge in [0, 0.05) is 6.54 Å². The lowest BCUT2D eigenvalue weighted by Crippen LogP contribution is -2.54. The van der Waals surface area contributed by atoms with Gasteiger partial charge in [0.05, 0.1) is 24.0 Å². The second-order valence-corrected chi connectivity index (χ2v) is 7.68. The van der Waals surface area contributed by atoms with Crippen LogP contribution in [0.3, 0.4) is 0 Å². The van der Waals surface area contributed by atoms with Crippen molar-refractivity contribution in [3.63, 3.8) is 0 Å². The number of piperidine rings is 1. The summed E-state index contributed by atoms with van der Waals surface area (Å²) in [4.78, 5) is 0. The molecule has 104 valence electrons. The number of rotatable bonds is 2. The summed E-state index contributed by atoms with van der Waals surface area (Å²) in [5.74, 6) is 0. The summed E-state index contributed by atoms with van der Waals surface area (Å²) in [6.45, 7) is 2.75. The average Bonchev–Trinajstić information content (AvgIpc) is 2.87. The molecule has 2 heterocycles. The molecule has 2 unspecified atom stereocenters. The molecule has 2 atom stereocenters. The lowest BCUT2D eigenvalue weighted by Gasteiger charge is -2.39. The van der Waals surface area contributed by atoms with E-state index in [0.717, 1.165) is 45.2 Å². The highest BCUT2D eigenvalue weighted by atomic mass is 32.2. The molecule has 1 N–H and O–H groups in total. The fourth-order valence-corrected chi connectivity index (χ4v) is 5.65. The summed E-state index contributed by atoms with van der Waals surface area (Å²) in [6.07, 6.45) is 4.72. The Bertz CT molecular complexity index is 392. The number of morpholine rings is 1. The molecule has 1 aliphatic carbocycles. The first-order valence-corrected chi connectivity index (χ1v) is 8.53. The van der Waals surface area contributed by atoms with E-state index in [0.29, 0.717) is 13.2 Å². The molecule has 5 nitrogen and oxygen atoms in total. The van der Waals surface area contributed by atoms with Gasteiger partial charge >= 0.3 is 0 Å². The summed E-state index contributed by atoms with van der Waals surface area (Å²) in [5, 5.41) is 3.05. The SMILES string of the molecule is O=S(=O)(C1CCNCC1)N1CCOC2CCCC21. The van der Waals surface area contributed by atoms with Crippen LogP contribution in [0.2, 0.25) is 0 Å². The molecule has 1 saturated carbocycles. The molecule has 0 spiro atoms. The summed E-state index contributed by atoms with van der Waals surface area (Å²) in [7, 11) is -3.13.